The number of carbonyl (C=O) groups excluding carboxylic acids is 3. The first-order valence-corrected chi connectivity index (χ1v) is 14.2. The van der Waals surface area contributed by atoms with E-state index >= 15 is 0 Å². The van der Waals surface area contributed by atoms with Gasteiger partial charge in [-0.25, -0.2) is 9.78 Å². The van der Waals surface area contributed by atoms with E-state index in [1.807, 2.05) is 54.5 Å². The molecule has 1 aliphatic heterocycles. The van der Waals surface area contributed by atoms with E-state index in [9.17, 15) is 14.4 Å². The summed E-state index contributed by atoms with van der Waals surface area (Å²) >= 11 is 0. The predicted octanol–water partition coefficient (Wildman–Crippen LogP) is 4.61. The van der Waals surface area contributed by atoms with Crippen LogP contribution in [0.4, 0.5) is 4.79 Å². The minimum absolute atomic E-state index is 0.132. The van der Waals surface area contributed by atoms with Crippen molar-refractivity contribution in [2.75, 3.05) is 47.0 Å². The third kappa shape index (κ3) is 8.43. The molecule has 1 aliphatic rings. The molecule has 0 aliphatic carbocycles. The summed E-state index contributed by atoms with van der Waals surface area (Å²) in [6.45, 7) is 12.4. The number of hydrogen-bond acceptors (Lipinski definition) is 7. The van der Waals surface area contributed by atoms with Gasteiger partial charge in [0.25, 0.3) is 5.91 Å². The molecule has 3 rings (SSSR count). The average molecular weight is 559 g/mol. The van der Waals surface area contributed by atoms with Crippen LogP contribution >= 0.6 is 0 Å². The Labute approximate surface area is 237 Å². The molecule has 2 aromatic rings. The zero-order valence-corrected chi connectivity index (χ0v) is 25.1. The molecule has 2 unspecified atom stereocenters. The first kappa shape index (κ1) is 31.4. The lowest BCUT2D eigenvalue weighted by Crippen LogP contribution is -2.51. The molecule has 0 radical (unpaired) electrons. The van der Waals surface area contributed by atoms with Gasteiger partial charge in [0.15, 0.2) is 5.82 Å². The molecule has 1 aromatic heterocycles. The van der Waals surface area contributed by atoms with E-state index in [0.717, 1.165) is 23.9 Å². The van der Waals surface area contributed by atoms with Crippen molar-refractivity contribution in [3.63, 3.8) is 0 Å². The van der Waals surface area contributed by atoms with Crippen LogP contribution < -0.4 is 0 Å². The molecule has 1 saturated heterocycles. The molecule has 10 heteroatoms. The summed E-state index contributed by atoms with van der Waals surface area (Å²) in [6, 6.07) is 7.79. The Morgan fingerprint density at radius 1 is 1.10 bits per heavy atom. The summed E-state index contributed by atoms with van der Waals surface area (Å²) in [4.78, 5) is 47.8. The van der Waals surface area contributed by atoms with Gasteiger partial charge in [-0.05, 0) is 64.0 Å². The maximum Gasteiger partial charge on any atom is 0.410 e. The van der Waals surface area contributed by atoms with Gasteiger partial charge in [-0.2, -0.15) is 0 Å². The third-order valence-corrected chi connectivity index (χ3v) is 6.90. The van der Waals surface area contributed by atoms with Gasteiger partial charge < -0.3 is 28.6 Å². The fourth-order valence-electron chi connectivity index (χ4n) is 5.26. The zero-order valence-electron chi connectivity index (χ0n) is 25.1. The number of esters is 1. The molecule has 0 spiro atoms. The molecule has 222 valence electrons. The topological polar surface area (TPSA) is 103 Å². The smallest absolute Gasteiger partial charge is 0.410 e. The molecule has 2 amide bonds. The van der Waals surface area contributed by atoms with Crippen LogP contribution in [0.3, 0.4) is 0 Å². The van der Waals surface area contributed by atoms with Gasteiger partial charge in [0.05, 0.1) is 24.1 Å². The molecule has 0 N–H and O–H groups in total. The second-order valence-corrected chi connectivity index (χ2v) is 12.1. The number of methoxy groups -OCH3 is 2. The highest BCUT2D eigenvalue weighted by molar-refractivity contribution is 5.95. The van der Waals surface area contributed by atoms with E-state index in [4.69, 9.17) is 19.2 Å². The lowest BCUT2D eigenvalue weighted by atomic mass is 9.88. The van der Waals surface area contributed by atoms with Gasteiger partial charge in [0.1, 0.15) is 5.60 Å². The Morgan fingerprint density at radius 2 is 1.82 bits per heavy atom. The maximum absolute atomic E-state index is 14.1. The highest BCUT2D eigenvalue weighted by Crippen LogP contribution is 2.27. The number of likely N-dealkylation sites (tertiary alicyclic amines) is 1. The third-order valence-electron chi connectivity index (χ3n) is 6.90. The normalized spacial score (nSPS) is 17.8. The molecular formula is C30H46N4O6. The predicted molar refractivity (Wildman–Crippen MR) is 153 cm³/mol. The van der Waals surface area contributed by atoms with E-state index in [1.165, 1.54) is 7.11 Å². The highest BCUT2D eigenvalue weighted by Gasteiger charge is 2.38. The Morgan fingerprint density at radius 3 is 2.48 bits per heavy atom. The van der Waals surface area contributed by atoms with Crippen LogP contribution in [0.5, 0.6) is 0 Å². The SMILES string of the molecule is COCCCCn1c(C(=O)N(CC(C)C)CC2CC(C(=O)OC)CN(C(=O)OC(C)(C)C)C2)nc2ccccc21. The molecule has 0 saturated carbocycles. The number of ether oxygens (including phenoxy) is 3. The fourth-order valence-corrected chi connectivity index (χ4v) is 5.26. The standard InChI is InChI=1S/C30H46N4O6/c1-21(2)17-32(18-22-16-23(28(36)39-7)20-33(19-22)29(37)40-30(3,4)5)27(35)26-31-24-12-8-9-13-25(24)34(26)14-10-11-15-38-6/h8-9,12-13,21-23H,10-11,14-20H2,1-7H3. The number of aryl methyl sites for hydroxylation is 1. The average Bonchev–Trinajstić information content (AvgIpc) is 3.27. The first-order chi connectivity index (χ1) is 18.9. The summed E-state index contributed by atoms with van der Waals surface area (Å²) in [6.07, 6.45) is 1.78. The van der Waals surface area contributed by atoms with Crippen molar-refractivity contribution < 1.29 is 28.6 Å². The Hall–Kier alpha value is -3.14. The summed E-state index contributed by atoms with van der Waals surface area (Å²) in [5.74, 6) is -0.516. The van der Waals surface area contributed by atoms with Crippen molar-refractivity contribution in [1.29, 1.82) is 0 Å². The van der Waals surface area contributed by atoms with Gasteiger partial charge in [-0.15, -0.1) is 0 Å². The van der Waals surface area contributed by atoms with E-state index in [1.54, 1.807) is 12.0 Å². The fraction of sp³-hybridized carbons (Fsp3) is 0.667. The van der Waals surface area contributed by atoms with Gasteiger partial charge in [0, 0.05) is 46.4 Å². The van der Waals surface area contributed by atoms with Crippen molar-refractivity contribution >= 4 is 29.0 Å². The van der Waals surface area contributed by atoms with Crippen molar-refractivity contribution in [3.05, 3.63) is 30.1 Å². The number of amides is 2. The van der Waals surface area contributed by atoms with Crippen molar-refractivity contribution in [2.24, 2.45) is 17.8 Å². The van der Waals surface area contributed by atoms with Crippen LogP contribution in [0.25, 0.3) is 11.0 Å². The van der Waals surface area contributed by atoms with Crippen LogP contribution in [0.15, 0.2) is 24.3 Å². The number of hydrogen-bond donors (Lipinski definition) is 0. The van der Waals surface area contributed by atoms with Gasteiger partial charge in [-0.1, -0.05) is 26.0 Å². The van der Waals surface area contributed by atoms with Crippen LogP contribution in [0.1, 0.15) is 64.5 Å². The maximum atomic E-state index is 14.1. The minimum Gasteiger partial charge on any atom is -0.469 e. The zero-order chi connectivity index (χ0) is 29.4. The lowest BCUT2D eigenvalue weighted by molar-refractivity contribution is -0.148. The number of aromatic nitrogens is 2. The Balaban J connectivity index is 1.89. The monoisotopic (exact) mass is 558 g/mol. The molecule has 2 atom stereocenters. The summed E-state index contributed by atoms with van der Waals surface area (Å²) in [5.41, 5.74) is 1.04. The molecule has 2 heterocycles. The molecular weight excluding hydrogens is 512 g/mol. The van der Waals surface area contributed by atoms with Gasteiger partial charge in [0.2, 0.25) is 0 Å². The molecule has 1 fully saturated rings. The second-order valence-electron chi connectivity index (χ2n) is 12.1. The number of imidazole rings is 1. The van der Waals surface area contributed by atoms with Crippen molar-refractivity contribution in [2.45, 2.75) is 66.0 Å². The van der Waals surface area contributed by atoms with Crippen LogP contribution in [-0.4, -0.2) is 89.9 Å². The quantitative estimate of drug-likeness (QED) is 0.293. The minimum atomic E-state index is -0.660. The molecule has 10 nitrogen and oxygen atoms in total. The number of unbranched alkanes of at least 4 members (excludes halogenated alkanes) is 1. The number of piperidine rings is 1. The number of rotatable bonds is 11. The van der Waals surface area contributed by atoms with Crippen LogP contribution in [0.2, 0.25) is 0 Å². The summed E-state index contributed by atoms with van der Waals surface area (Å²) in [5, 5.41) is 0. The van der Waals surface area contributed by atoms with Gasteiger partial charge in [-0.3, -0.25) is 9.59 Å². The largest absolute Gasteiger partial charge is 0.469 e. The van der Waals surface area contributed by atoms with E-state index in [-0.39, 0.29) is 30.3 Å². The number of para-hydroxylation sites is 2. The van der Waals surface area contributed by atoms with Crippen LogP contribution in [-0.2, 0) is 25.5 Å². The summed E-state index contributed by atoms with van der Waals surface area (Å²) < 4.78 is 17.9. The molecule has 40 heavy (non-hydrogen) atoms. The second kappa shape index (κ2) is 14.0. The number of fused-ring (bicyclic) bond motifs is 1. The van der Waals surface area contributed by atoms with E-state index < -0.39 is 17.6 Å². The molecule has 0 bridgehead atoms. The van der Waals surface area contributed by atoms with Crippen molar-refractivity contribution in [1.82, 2.24) is 19.4 Å². The van der Waals surface area contributed by atoms with E-state index in [0.29, 0.717) is 45.0 Å². The van der Waals surface area contributed by atoms with Crippen LogP contribution in [0, 0.1) is 17.8 Å². The number of benzene rings is 1. The first-order valence-electron chi connectivity index (χ1n) is 14.2. The summed E-state index contributed by atoms with van der Waals surface area (Å²) in [7, 11) is 3.04. The van der Waals surface area contributed by atoms with Crippen molar-refractivity contribution in [3.8, 4) is 0 Å². The van der Waals surface area contributed by atoms with Gasteiger partial charge >= 0.3 is 12.1 Å². The number of carbonyl (C=O) groups is 3. The Kier molecular flexibility index (Phi) is 11.0. The van der Waals surface area contributed by atoms with E-state index in [2.05, 4.69) is 13.8 Å². The number of nitrogens with zero attached hydrogens (tertiary/aromatic N) is 4. The highest BCUT2D eigenvalue weighted by atomic mass is 16.6. The molecule has 1 aromatic carbocycles. The Bertz CT molecular complexity index is 1150. The lowest BCUT2D eigenvalue weighted by Gasteiger charge is -2.39.